The average Bonchev–Trinajstić information content (AvgIpc) is 3.41. The van der Waals surface area contributed by atoms with Gasteiger partial charge in [0, 0.05) is 21.7 Å². The molecule has 0 bridgehead atoms. The van der Waals surface area contributed by atoms with Crippen LogP contribution in [0.25, 0.3) is 142 Å². The third kappa shape index (κ3) is 5.99. The predicted molar refractivity (Wildman–Crippen MR) is 291 cm³/mol. The Morgan fingerprint density at radius 3 is 1.44 bits per heavy atom. The molecule has 1 heteroatoms. The Bertz CT molecular complexity index is 4380. The molecule has 1 aromatic heterocycles. The van der Waals surface area contributed by atoms with Gasteiger partial charge in [-0.25, -0.2) is 4.98 Å². The average molecular weight is 860 g/mol. The smallest absolute Gasteiger partial charge is 0.0788 e. The van der Waals surface area contributed by atoms with Crippen molar-refractivity contribution < 1.29 is 0 Å². The quantitative estimate of drug-likeness (QED) is 0.124. The van der Waals surface area contributed by atoms with E-state index in [4.69, 9.17) is 4.98 Å². The monoisotopic (exact) mass is 859 g/mol. The molecular weight excluding hydrogens is 819 g/mol. The highest BCUT2D eigenvalue weighted by Gasteiger charge is 2.21. The number of aromatic nitrogens is 1. The van der Waals surface area contributed by atoms with Crippen molar-refractivity contribution in [2.75, 3.05) is 0 Å². The number of hydrogen-bond donors (Lipinski definition) is 0. The van der Waals surface area contributed by atoms with E-state index in [1.54, 1.807) is 0 Å². The Morgan fingerprint density at radius 1 is 0.221 bits per heavy atom. The molecule has 0 aliphatic heterocycles. The molecular formula is C67H41N. The van der Waals surface area contributed by atoms with E-state index < -0.39 is 0 Å². The summed E-state index contributed by atoms with van der Waals surface area (Å²) < 4.78 is 0. The number of para-hydroxylation sites is 1. The second-order valence-electron chi connectivity index (χ2n) is 18.1. The molecule has 0 amide bonds. The van der Waals surface area contributed by atoms with Crippen LogP contribution in [0.4, 0.5) is 0 Å². The predicted octanol–water partition coefficient (Wildman–Crippen LogP) is 18.6. The summed E-state index contributed by atoms with van der Waals surface area (Å²) in [5, 5.41) is 18.4. The lowest BCUT2D eigenvalue weighted by Crippen LogP contribution is -1.94. The topological polar surface area (TPSA) is 12.9 Å². The zero-order valence-electron chi connectivity index (χ0n) is 37.1. The van der Waals surface area contributed by atoms with E-state index in [9.17, 15) is 0 Å². The van der Waals surface area contributed by atoms with Gasteiger partial charge in [-0.1, -0.05) is 218 Å². The van der Waals surface area contributed by atoms with Gasteiger partial charge in [0.25, 0.3) is 0 Å². The summed E-state index contributed by atoms with van der Waals surface area (Å²) in [5.74, 6) is 0. The van der Waals surface area contributed by atoms with Crippen LogP contribution in [0, 0.1) is 0 Å². The Balaban J connectivity index is 1.03. The zero-order chi connectivity index (χ0) is 44.7. The largest absolute Gasteiger partial charge is 0.247 e. The van der Waals surface area contributed by atoms with Crippen molar-refractivity contribution in [3.05, 3.63) is 249 Å². The van der Waals surface area contributed by atoms with Gasteiger partial charge in [0.05, 0.1) is 11.2 Å². The molecule has 0 aliphatic rings. The van der Waals surface area contributed by atoms with Crippen molar-refractivity contribution in [2.24, 2.45) is 0 Å². The molecule has 0 saturated carbocycles. The molecule has 314 valence electrons. The summed E-state index contributed by atoms with van der Waals surface area (Å²) in [6, 6.07) is 91.7. The van der Waals surface area contributed by atoms with E-state index in [2.05, 4.69) is 249 Å². The highest BCUT2D eigenvalue weighted by molar-refractivity contribution is 6.27. The SMILES string of the molecule is c1cc(-c2ccc3c(-c4cccc5ccccc45)c4ccccc4c(-c4cccc5ccccc45)c3c2)cc(-c2cc3c(-c4ccc5ccccc5c4)nc4ccccc4c3c3ccccc23)c1. The molecule has 14 aromatic rings. The fraction of sp³-hybridized carbons (Fsp3) is 0. The Morgan fingerprint density at radius 2 is 0.721 bits per heavy atom. The highest BCUT2D eigenvalue weighted by Crippen LogP contribution is 2.48. The Labute approximate surface area is 393 Å². The minimum atomic E-state index is 0.998. The summed E-state index contributed by atoms with van der Waals surface area (Å²) in [6.07, 6.45) is 0. The maximum Gasteiger partial charge on any atom is 0.0788 e. The van der Waals surface area contributed by atoms with Crippen LogP contribution >= 0.6 is 0 Å². The first-order chi connectivity index (χ1) is 33.7. The Kier molecular flexibility index (Phi) is 8.66. The van der Waals surface area contributed by atoms with Crippen molar-refractivity contribution in [3.8, 4) is 55.8 Å². The maximum atomic E-state index is 5.44. The van der Waals surface area contributed by atoms with E-state index in [0.29, 0.717) is 0 Å². The van der Waals surface area contributed by atoms with Gasteiger partial charge in [-0.2, -0.15) is 0 Å². The molecule has 0 N–H and O–H groups in total. The van der Waals surface area contributed by atoms with Crippen LogP contribution in [-0.2, 0) is 0 Å². The molecule has 14 rings (SSSR count). The van der Waals surface area contributed by atoms with E-state index in [1.807, 2.05) is 0 Å². The molecule has 0 spiro atoms. The molecule has 0 aliphatic carbocycles. The number of pyridine rings is 1. The fourth-order valence-corrected chi connectivity index (χ4v) is 11.3. The Hall–Kier alpha value is -8.91. The fourth-order valence-electron chi connectivity index (χ4n) is 11.3. The van der Waals surface area contributed by atoms with Crippen molar-refractivity contribution in [1.82, 2.24) is 4.98 Å². The van der Waals surface area contributed by atoms with Crippen LogP contribution in [-0.4, -0.2) is 4.98 Å². The molecule has 13 aromatic carbocycles. The van der Waals surface area contributed by atoms with Gasteiger partial charge < -0.3 is 0 Å². The molecule has 1 heterocycles. The minimum Gasteiger partial charge on any atom is -0.247 e. The summed E-state index contributed by atoms with van der Waals surface area (Å²) in [5.41, 5.74) is 12.8. The first kappa shape index (κ1) is 38.4. The third-order valence-corrected chi connectivity index (χ3v) is 14.4. The summed E-state index contributed by atoms with van der Waals surface area (Å²) in [4.78, 5) is 5.44. The normalized spacial score (nSPS) is 11.8. The number of fused-ring (bicyclic) bond motifs is 10. The van der Waals surface area contributed by atoms with Gasteiger partial charge in [-0.15, -0.1) is 0 Å². The van der Waals surface area contributed by atoms with Crippen LogP contribution in [0.3, 0.4) is 0 Å². The lowest BCUT2D eigenvalue weighted by molar-refractivity contribution is 1.43. The number of nitrogens with zero attached hydrogens (tertiary/aromatic N) is 1. The zero-order valence-corrected chi connectivity index (χ0v) is 37.1. The first-order valence-corrected chi connectivity index (χ1v) is 23.5. The third-order valence-electron chi connectivity index (χ3n) is 14.4. The van der Waals surface area contributed by atoms with Crippen LogP contribution in [0.5, 0.6) is 0 Å². The standard InChI is InChI=1S/C67H41N/c1-2-19-45-39-49(35-34-42(45)16-1)67-62-41-60(52-26-7-8-27-55(52)66(62)59-30-11-12-33-63(59)68-67)48-23-13-22-46(38-48)47-36-37-58-61(40-47)65(54-32-15-21-44-18-4-6-25-51(44)54)57-29-10-9-28-56(57)64(58)53-31-14-20-43-17-3-5-24-50(43)53/h1-41H. The number of benzene rings is 13. The highest BCUT2D eigenvalue weighted by atomic mass is 14.7. The van der Waals surface area contributed by atoms with Crippen LogP contribution in [0.2, 0.25) is 0 Å². The van der Waals surface area contributed by atoms with E-state index in [-0.39, 0.29) is 0 Å². The molecule has 0 fully saturated rings. The first-order valence-electron chi connectivity index (χ1n) is 23.5. The van der Waals surface area contributed by atoms with Crippen molar-refractivity contribution >= 4 is 86.3 Å². The van der Waals surface area contributed by atoms with E-state index in [1.165, 1.54) is 115 Å². The number of rotatable bonds is 5. The second-order valence-corrected chi connectivity index (χ2v) is 18.1. The van der Waals surface area contributed by atoms with Crippen molar-refractivity contribution in [1.29, 1.82) is 0 Å². The number of hydrogen-bond acceptors (Lipinski definition) is 1. The van der Waals surface area contributed by atoms with Gasteiger partial charge in [0.1, 0.15) is 0 Å². The van der Waals surface area contributed by atoms with Gasteiger partial charge in [-0.3, -0.25) is 0 Å². The maximum absolute atomic E-state index is 5.44. The van der Waals surface area contributed by atoms with E-state index in [0.717, 1.165) is 27.5 Å². The van der Waals surface area contributed by atoms with Crippen LogP contribution in [0.1, 0.15) is 0 Å². The van der Waals surface area contributed by atoms with Gasteiger partial charge in [0.15, 0.2) is 0 Å². The second kappa shape index (κ2) is 15.3. The van der Waals surface area contributed by atoms with Gasteiger partial charge >= 0.3 is 0 Å². The minimum absolute atomic E-state index is 0.998. The van der Waals surface area contributed by atoms with Crippen LogP contribution < -0.4 is 0 Å². The summed E-state index contributed by atoms with van der Waals surface area (Å²) in [7, 11) is 0. The molecule has 0 unspecified atom stereocenters. The molecule has 0 saturated heterocycles. The van der Waals surface area contributed by atoms with Gasteiger partial charge in [-0.05, 0) is 139 Å². The summed E-state index contributed by atoms with van der Waals surface area (Å²) in [6.45, 7) is 0. The lowest BCUT2D eigenvalue weighted by Gasteiger charge is -2.20. The van der Waals surface area contributed by atoms with Gasteiger partial charge in [0.2, 0.25) is 0 Å². The molecule has 0 atom stereocenters. The van der Waals surface area contributed by atoms with Crippen LogP contribution in [0.15, 0.2) is 249 Å². The summed E-state index contributed by atoms with van der Waals surface area (Å²) >= 11 is 0. The van der Waals surface area contributed by atoms with E-state index >= 15 is 0 Å². The van der Waals surface area contributed by atoms with Crippen molar-refractivity contribution in [3.63, 3.8) is 0 Å². The molecule has 1 nitrogen and oxygen atoms in total. The molecule has 0 radical (unpaired) electrons. The lowest BCUT2D eigenvalue weighted by atomic mass is 9.82. The molecule has 68 heavy (non-hydrogen) atoms. The van der Waals surface area contributed by atoms with Crippen molar-refractivity contribution in [2.45, 2.75) is 0 Å².